The van der Waals surface area contributed by atoms with E-state index in [-0.39, 0.29) is 26.7 Å². The first kappa shape index (κ1) is 15.9. The molecule has 6 nitrogen and oxygen atoms in total. The van der Waals surface area contributed by atoms with E-state index in [0.717, 1.165) is 4.68 Å². The summed E-state index contributed by atoms with van der Waals surface area (Å²) in [5.74, 6) is -1.01. The minimum Gasteiger partial charge on any atom is -0.476 e. The average molecular weight is 414 g/mol. The van der Waals surface area contributed by atoms with Crippen LogP contribution in [0.4, 0.5) is 0 Å². The summed E-state index contributed by atoms with van der Waals surface area (Å²) in [5, 5.41) is 14.4. The van der Waals surface area contributed by atoms with Crippen molar-refractivity contribution in [2.24, 2.45) is 0 Å². The van der Waals surface area contributed by atoms with Crippen molar-refractivity contribution in [2.75, 3.05) is 0 Å². The number of carboxylic acid groups (broad SMARTS) is 1. The number of aromatic carboxylic acids is 1. The van der Waals surface area contributed by atoms with E-state index < -0.39 is 5.97 Å². The zero-order chi connectivity index (χ0) is 16.6. The highest BCUT2D eigenvalue weighted by Crippen LogP contribution is 2.36. The van der Waals surface area contributed by atoms with Gasteiger partial charge in [-0.25, -0.2) is 14.5 Å². The number of rotatable bonds is 3. The second-order valence-electron chi connectivity index (χ2n) is 4.37. The molecule has 0 amide bonds. The van der Waals surface area contributed by atoms with Gasteiger partial charge in [-0.05, 0) is 40.2 Å². The molecule has 0 aromatic carbocycles. The molecule has 0 aliphatic rings. The Kier molecular flexibility index (Phi) is 4.34. The maximum absolute atomic E-state index is 11.8. The molecule has 0 atom stereocenters. The third kappa shape index (κ3) is 2.83. The van der Waals surface area contributed by atoms with Gasteiger partial charge in [0.15, 0.2) is 11.5 Å². The van der Waals surface area contributed by atoms with Gasteiger partial charge in [-0.3, -0.25) is 4.98 Å². The number of aromatic nitrogens is 4. The molecule has 0 aliphatic carbocycles. The first-order valence-corrected chi connectivity index (χ1v) is 7.79. The van der Waals surface area contributed by atoms with Crippen LogP contribution < -0.4 is 0 Å². The summed E-state index contributed by atoms with van der Waals surface area (Å²) in [7, 11) is 0. The summed E-state index contributed by atoms with van der Waals surface area (Å²) >= 11 is 15.5. The van der Waals surface area contributed by atoms with Crippen molar-refractivity contribution in [3.8, 4) is 17.1 Å². The van der Waals surface area contributed by atoms with Gasteiger partial charge >= 0.3 is 5.97 Å². The Balaban J connectivity index is 2.34. The fourth-order valence-corrected chi connectivity index (χ4v) is 3.01. The smallest absolute Gasteiger partial charge is 0.355 e. The third-order valence-corrected chi connectivity index (χ3v) is 4.14. The maximum atomic E-state index is 11.8. The highest BCUT2D eigenvalue weighted by Gasteiger charge is 2.27. The lowest BCUT2D eigenvalue weighted by atomic mass is 10.1. The van der Waals surface area contributed by atoms with Gasteiger partial charge < -0.3 is 5.11 Å². The van der Waals surface area contributed by atoms with Crippen molar-refractivity contribution >= 4 is 45.1 Å². The molecule has 0 fully saturated rings. The molecule has 0 aliphatic heterocycles. The van der Waals surface area contributed by atoms with Crippen LogP contribution >= 0.6 is 39.1 Å². The summed E-state index contributed by atoms with van der Waals surface area (Å²) in [6, 6.07) is 6.51. The van der Waals surface area contributed by atoms with Gasteiger partial charge in [-0.2, -0.15) is 5.10 Å². The van der Waals surface area contributed by atoms with Crippen molar-refractivity contribution in [2.45, 2.75) is 0 Å². The molecule has 0 unspecified atom stereocenters. The zero-order valence-corrected chi connectivity index (χ0v) is 14.3. The molecular weight excluding hydrogens is 407 g/mol. The molecule has 0 saturated heterocycles. The van der Waals surface area contributed by atoms with E-state index in [0.29, 0.717) is 10.7 Å². The fraction of sp³-hybridized carbons (Fsp3) is 0. The number of carboxylic acids is 1. The summed E-state index contributed by atoms with van der Waals surface area (Å²) in [4.78, 5) is 20.0. The Morgan fingerprint density at radius 1 is 1.13 bits per heavy atom. The number of carbonyl (C=O) groups is 1. The van der Waals surface area contributed by atoms with Gasteiger partial charge in [0, 0.05) is 12.4 Å². The summed E-state index contributed by atoms with van der Waals surface area (Å²) in [6.45, 7) is 0. The Morgan fingerprint density at radius 3 is 2.39 bits per heavy atom. The Bertz CT molecular complexity index is 914. The lowest BCUT2D eigenvalue weighted by Crippen LogP contribution is -2.11. The van der Waals surface area contributed by atoms with Gasteiger partial charge in [0.25, 0.3) is 0 Å². The first-order valence-electron chi connectivity index (χ1n) is 6.24. The van der Waals surface area contributed by atoms with E-state index in [1.165, 1.54) is 12.4 Å². The quantitative estimate of drug-likeness (QED) is 0.699. The average Bonchev–Trinajstić information content (AvgIpc) is 2.85. The lowest BCUT2D eigenvalue weighted by Gasteiger charge is -2.07. The van der Waals surface area contributed by atoms with Gasteiger partial charge in [-0.1, -0.05) is 23.2 Å². The van der Waals surface area contributed by atoms with E-state index in [1.54, 1.807) is 24.3 Å². The number of halogens is 3. The van der Waals surface area contributed by atoms with E-state index in [2.05, 4.69) is 31.0 Å². The molecule has 9 heteroatoms. The highest BCUT2D eigenvalue weighted by molar-refractivity contribution is 9.10. The monoisotopic (exact) mass is 412 g/mol. The van der Waals surface area contributed by atoms with Crippen molar-refractivity contribution in [3.63, 3.8) is 0 Å². The molecule has 23 heavy (non-hydrogen) atoms. The second kappa shape index (κ2) is 6.27. The largest absolute Gasteiger partial charge is 0.476 e. The van der Waals surface area contributed by atoms with Crippen LogP contribution in [0.3, 0.4) is 0 Å². The number of nitrogens with zero attached hydrogens (tertiary/aromatic N) is 4. The summed E-state index contributed by atoms with van der Waals surface area (Å²) in [5.41, 5.74) is 0.416. The second-order valence-corrected chi connectivity index (χ2v) is 5.94. The predicted molar refractivity (Wildman–Crippen MR) is 89.3 cm³/mol. The van der Waals surface area contributed by atoms with Crippen molar-refractivity contribution in [1.82, 2.24) is 19.7 Å². The topological polar surface area (TPSA) is 80.9 Å². The van der Waals surface area contributed by atoms with E-state index >= 15 is 0 Å². The van der Waals surface area contributed by atoms with Crippen LogP contribution in [0.2, 0.25) is 10.0 Å². The first-order chi connectivity index (χ1) is 11.0. The molecule has 3 heterocycles. The normalized spacial score (nSPS) is 10.7. The Labute approximate surface area is 148 Å². The summed E-state index contributed by atoms with van der Waals surface area (Å²) in [6.07, 6.45) is 3.01. The standard InChI is InChI=1S/C14H7BrCl2N4O2/c15-12-9(10-7(16)3-1-5-18-10)11(14(22)23)21(20-12)13-8(17)4-2-6-19-13/h1-6H,(H,22,23). The van der Waals surface area contributed by atoms with Gasteiger partial charge in [0.1, 0.15) is 4.60 Å². The van der Waals surface area contributed by atoms with Crippen molar-refractivity contribution in [3.05, 3.63) is 57.0 Å². The van der Waals surface area contributed by atoms with Gasteiger partial charge in [0.2, 0.25) is 0 Å². The molecule has 0 radical (unpaired) electrons. The molecule has 0 saturated carbocycles. The van der Waals surface area contributed by atoms with E-state index in [9.17, 15) is 9.90 Å². The van der Waals surface area contributed by atoms with Crippen LogP contribution in [0.5, 0.6) is 0 Å². The minimum atomic E-state index is -1.21. The Hall–Kier alpha value is -1.96. The van der Waals surface area contributed by atoms with Crippen molar-refractivity contribution in [1.29, 1.82) is 0 Å². The molecule has 0 spiro atoms. The highest BCUT2D eigenvalue weighted by atomic mass is 79.9. The molecule has 3 aromatic heterocycles. The van der Waals surface area contributed by atoms with Gasteiger partial charge in [-0.15, -0.1) is 0 Å². The number of hydrogen-bond acceptors (Lipinski definition) is 4. The molecule has 3 rings (SSSR count). The van der Waals surface area contributed by atoms with Crippen LogP contribution in [-0.4, -0.2) is 30.8 Å². The molecular formula is C14H7BrCl2N4O2. The molecule has 116 valence electrons. The Morgan fingerprint density at radius 2 is 1.78 bits per heavy atom. The van der Waals surface area contributed by atoms with Crippen LogP contribution in [0, 0.1) is 0 Å². The van der Waals surface area contributed by atoms with Crippen LogP contribution in [0.15, 0.2) is 41.3 Å². The lowest BCUT2D eigenvalue weighted by molar-refractivity contribution is 0.0687. The molecule has 0 bridgehead atoms. The number of hydrogen-bond donors (Lipinski definition) is 1. The third-order valence-electron chi connectivity index (χ3n) is 2.98. The predicted octanol–water partition coefficient (Wildman–Crippen LogP) is 4.10. The van der Waals surface area contributed by atoms with Crippen LogP contribution in [0.25, 0.3) is 17.1 Å². The van der Waals surface area contributed by atoms with E-state index in [1.807, 2.05) is 0 Å². The zero-order valence-electron chi connectivity index (χ0n) is 11.2. The van der Waals surface area contributed by atoms with Gasteiger partial charge in [0.05, 0.1) is 21.3 Å². The molecule has 1 N–H and O–H groups in total. The van der Waals surface area contributed by atoms with E-state index in [4.69, 9.17) is 23.2 Å². The van der Waals surface area contributed by atoms with Crippen LogP contribution in [-0.2, 0) is 0 Å². The minimum absolute atomic E-state index is 0.141. The number of pyridine rings is 2. The van der Waals surface area contributed by atoms with Crippen LogP contribution in [0.1, 0.15) is 10.5 Å². The van der Waals surface area contributed by atoms with Crippen molar-refractivity contribution < 1.29 is 9.90 Å². The SMILES string of the molecule is O=C(O)c1c(-c2ncccc2Cl)c(Br)nn1-c1ncccc1Cl. The summed E-state index contributed by atoms with van der Waals surface area (Å²) < 4.78 is 1.42. The maximum Gasteiger partial charge on any atom is 0.355 e. The molecule has 3 aromatic rings. The fourth-order valence-electron chi connectivity index (χ4n) is 2.05.